The van der Waals surface area contributed by atoms with Crippen LogP contribution in [-0.2, 0) is 6.42 Å². The van der Waals surface area contributed by atoms with Crippen LogP contribution in [0.2, 0.25) is 0 Å². The zero-order chi connectivity index (χ0) is 12.1. The molecule has 0 saturated carbocycles. The maximum atomic E-state index is 9.64. The van der Waals surface area contributed by atoms with Crippen molar-refractivity contribution in [3.8, 4) is 11.4 Å². The first-order valence-electron chi connectivity index (χ1n) is 5.70. The molecule has 0 aromatic carbocycles. The number of rotatable bonds is 5. The number of aromatic nitrogens is 3. The van der Waals surface area contributed by atoms with Gasteiger partial charge in [-0.25, -0.2) is 0 Å². The van der Waals surface area contributed by atoms with Gasteiger partial charge in [0.15, 0.2) is 0 Å². The van der Waals surface area contributed by atoms with Gasteiger partial charge in [-0.3, -0.25) is 4.98 Å². The monoisotopic (exact) mass is 233 g/mol. The maximum Gasteiger partial charge on any atom is 0.229 e. The average Bonchev–Trinajstić information content (AvgIpc) is 2.79. The molecule has 90 valence electrons. The zero-order valence-electron chi connectivity index (χ0n) is 9.71. The van der Waals surface area contributed by atoms with Gasteiger partial charge in [0.1, 0.15) is 0 Å². The van der Waals surface area contributed by atoms with Gasteiger partial charge in [0.05, 0.1) is 12.5 Å². The molecular weight excluding hydrogens is 218 g/mol. The van der Waals surface area contributed by atoms with Gasteiger partial charge in [-0.1, -0.05) is 18.5 Å². The summed E-state index contributed by atoms with van der Waals surface area (Å²) in [6, 6.07) is 3.63. The lowest BCUT2D eigenvalue weighted by atomic mass is 10.1. The summed E-state index contributed by atoms with van der Waals surface area (Å²) in [6.45, 7) is 2.03. The molecule has 0 aliphatic heterocycles. The van der Waals surface area contributed by atoms with E-state index >= 15 is 0 Å². The number of aliphatic hydroxyl groups is 1. The van der Waals surface area contributed by atoms with Crippen LogP contribution < -0.4 is 0 Å². The van der Waals surface area contributed by atoms with Gasteiger partial charge in [-0.05, 0) is 18.6 Å². The van der Waals surface area contributed by atoms with Crippen LogP contribution in [0, 0.1) is 0 Å². The van der Waals surface area contributed by atoms with E-state index in [1.807, 2.05) is 19.1 Å². The summed E-state index contributed by atoms with van der Waals surface area (Å²) in [5.74, 6) is 1.00. The first-order chi connectivity index (χ1) is 8.29. The zero-order valence-corrected chi connectivity index (χ0v) is 9.71. The van der Waals surface area contributed by atoms with Crippen molar-refractivity contribution in [1.29, 1.82) is 0 Å². The summed E-state index contributed by atoms with van der Waals surface area (Å²) in [7, 11) is 0. The Morgan fingerprint density at radius 1 is 1.35 bits per heavy atom. The minimum absolute atomic E-state index is 0.409. The van der Waals surface area contributed by atoms with Crippen LogP contribution in [0.4, 0.5) is 0 Å². The van der Waals surface area contributed by atoms with Crippen molar-refractivity contribution in [2.75, 3.05) is 0 Å². The molecule has 17 heavy (non-hydrogen) atoms. The van der Waals surface area contributed by atoms with Crippen LogP contribution in [-0.4, -0.2) is 26.3 Å². The molecule has 1 unspecified atom stereocenters. The first kappa shape index (κ1) is 11.7. The Morgan fingerprint density at radius 2 is 2.12 bits per heavy atom. The van der Waals surface area contributed by atoms with Gasteiger partial charge >= 0.3 is 0 Å². The molecule has 0 spiro atoms. The van der Waals surface area contributed by atoms with E-state index in [1.54, 1.807) is 12.4 Å². The largest absolute Gasteiger partial charge is 0.393 e. The second-order valence-corrected chi connectivity index (χ2v) is 3.89. The molecule has 0 saturated heterocycles. The summed E-state index contributed by atoms with van der Waals surface area (Å²) in [4.78, 5) is 8.16. The van der Waals surface area contributed by atoms with Crippen molar-refractivity contribution in [3.63, 3.8) is 0 Å². The topological polar surface area (TPSA) is 72.0 Å². The Morgan fingerprint density at radius 3 is 2.82 bits per heavy atom. The quantitative estimate of drug-likeness (QED) is 0.853. The molecule has 0 aliphatic rings. The molecule has 0 fully saturated rings. The summed E-state index contributed by atoms with van der Waals surface area (Å²) in [5, 5.41) is 13.5. The normalized spacial score (nSPS) is 12.6. The number of pyridine rings is 1. The Labute approximate surface area is 99.5 Å². The molecule has 0 amide bonds. The third kappa shape index (κ3) is 3.10. The van der Waals surface area contributed by atoms with Crippen molar-refractivity contribution in [3.05, 3.63) is 30.4 Å². The summed E-state index contributed by atoms with van der Waals surface area (Å²) in [5.41, 5.74) is 0.861. The molecule has 0 aliphatic carbocycles. The lowest BCUT2D eigenvalue weighted by Crippen LogP contribution is -2.09. The first-order valence-corrected chi connectivity index (χ1v) is 5.70. The van der Waals surface area contributed by atoms with Crippen LogP contribution in [0.1, 0.15) is 25.7 Å². The molecule has 0 bridgehead atoms. The Balaban J connectivity index is 2.06. The summed E-state index contributed by atoms with van der Waals surface area (Å²) in [6.07, 6.45) is 5.03. The summed E-state index contributed by atoms with van der Waals surface area (Å²) >= 11 is 0. The minimum Gasteiger partial charge on any atom is -0.393 e. The van der Waals surface area contributed by atoms with Crippen LogP contribution in [0.3, 0.4) is 0 Å². The van der Waals surface area contributed by atoms with Gasteiger partial charge < -0.3 is 9.63 Å². The highest BCUT2D eigenvalue weighted by atomic mass is 16.5. The fraction of sp³-hybridized carbons (Fsp3) is 0.417. The second kappa shape index (κ2) is 5.54. The molecule has 2 heterocycles. The third-order valence-corrected chi connectivity index (χ3v) is 2.44. The number of aliphatic hydroxyl groups excluding tert-OH is 1. The highest BCUT2D eigenvalue weighted by molar-refractivity contribution is 5.52. The van der Waals surface area contributed by atoms with Crippen molar-refractivity contribution in [2.45, 2.75) is 32.3 Å². The molecule has 2 rings (SSSR count). The highest BCUT2D eigenvalue weighted by Gasteiger charge is 2.12. The fourth-order valence-corrected chi connectivity index (χ4v) is 1.59. The van der Waals surface area contributed by atoms with Crippen molar-refractivity contribution in [1.82, 2.24) is 15.1 Å². The molecule has 1 N–H and O–H groups in total. The molecular formula is C12H15N3O2. The smallest absolute Gasteiger partial charge is 0.229 e. The van der Waals surface area contributed by atoms with E-state index in [-0.39, 0.29) is 0 Å². The standard InChI is InChI=1S/C12H15N3O2/c1-2-3-10(16)8-11-14-12(15-17-11)9-4-6-13-7-5-9/h4-7,10,16H,2-3,8H2,1H3. The Bertz CT molecular complexity index is 456. The molecule has 2 aromatic rings. The summed E-state index contributed by atoms with van der Waals surface area (Å²) < 4.78 is 5.09. The van der Waals surface area contributed by atoms with E-state index in [4.69, 9.17) is 4.52 Å². The fourth-order valence-electron chi connectivity index (χ4n) is 1.59. The Hall–Kier alpha value is -1.75. The minimum atomic E-state index is -0.411. The van der Waals surface area contributed by atoms with Crippen molar-refractivity contribution >= 4 is 0 Å². The predicted octanol–water partition coefficient (Wildman–Crippen LogP) is 1.84. The van der Waals surface area contributed by atoms with Gasteiger partial charge in [-0.15, -0.1) is 0 Å². The number of hydrogen-bond donors (Lipinski definition) is 1. The van der Waals surface area contributed by atoms with Crippen molar-refractivity contribution < 1.29 is 9.63 Å². The molecule has 5 nitrogen and oxygen atoms in total. The van der Waals surface area contributed by atoms with E-state index in [0.29, 0.717) is 18.1 Å². The van der Waals surface area contributed by atoms with Gasteiger partial charge in [0.25, 0.3) is 0 Å². The van der Waals surface area contributed by atoms with E-state index < -0.39 is 6.10 Å². The molecule has 2 aromatic heterocycles. The second-order valence-electron chi connectivity index (χ2n) is 3.89. The van der Waals surface area contributed by atoms with Gasteiger partial charge in [0, 0.05) is 18.0 Å². The molecule has 1 atom stereocenters. The lowest BCUT2D eigenvalue weighted by molar-refractivity contribution is 0.152. The highest BCUT2D eigenvalue weighted by Crippen LogP contribution is 2.15. The molecule has 0 radical (unpaired) electrons. The number of nitrogens with zero attached hydrogens (tertiary/aromatic N) is 3. The third-order valence-electron chi connectivity index (χ3n) is 2.44. The SMILES string of the molecule is CCCC(O)Cc1nc(-c2ccncc2)no1. The Kier molecular flexibility index (Phi) is 3.82. The van der Waals surface area contributed by atoms with Crippen LogP contribution >= 0.6 is 0 Å². The average molecular weight is 233 g/mol. The van der Waals surface area contributed by atoms with E-state index in [2.05, 4.69) is 15.1 Å². The molecule has 5 heteroatoms. The van der Waals surface area contributed by atoms with Gasteiger partial charge in [0.2, 0.25) is 11.7 Å². The van der Waals surface area contributed by atoms with Crippen LogP contribution in [0.25, 0.3) is 11.4 Å². The van der Waals surface area contributed by atoms with Gasteiger partial charge in [-0.2, -0.15) is 4.98 Å². The van der Waals surface area contributed by atoms with E-state index in [0.717, 1.165) is 18.4 Å². The maximum absolute atomic E-state index is 9.64. The van der Waals surface area contributed by atoms with Crippen LogP contribution in [0.15, 0.2) is 29.0 Å². The van der Waals surface area contributed by atoms with Crippen LogP contribution in [0.5, 0.6) is 0 Å². The van der Waals surface area contributed by atoms with E-state index in [1.165, 1.54) is 0 Å². The predicted molar refractivity (Wildman–Crippen MR) is 62.1 cm³/mol. The number of hydrogen-bond acceptors (Lipinski definition) is 5. The van der Waals surface area contributed by atoms with Crippen molar-refractivity contribution in [2.24, 2.45) is 0 Å². The lowest BCUT2D eigenvalue weighted by Gasteiger charge is -2.03. The van der Waals surface area contributed by atoms with E-state index in [9.17, 15) is 5.11 Å².